The molecule has 0 bridgehead atoms. The van der Waals surface area contributed by atoms with E-state index in [-0.39, 0.29) is 54.2 Å². The van der Waals surface area contributed by atoms with Crippen molar-refractivity contribution < 1.29 is 23.9 Å². The van der Waals surface area contributed by atoms with Gasteiger partial charge in [-0.1, -0.05) is 49.7 Å². The second kappa shape index (κ2) is 7.83. The Hall–Kier alpha value is -2.87. The van der Waals surface area contributed by atoms with Crippen molar-refractivity contribution >= 4 is 39.3 Å². The van der Waals surface area contributed by atoms with Crippen LogP contribution in [0.1, 0.15) is 39.7 Å². The molecule has 1 saturated heterocycles. The summed E-state index contributed by atoms with van der Waals surface area (Å²) in [5, 5.41) is 0. The molecule has 2 aromatic carbocycles. The maximum Gasteiger partial charge on any atom is 0.257 e. The smallest absolute Gasteiger partial charge is 0.257 e. The number of anilines is 1. The third-order valence-electron chi connectivity index (χ3n) is 7.92. The number of hydrogen-bond acceptors (Lipinski definition) is 5. The second-order valence-electron chi connectivity index (χ2n) is 10.3. The predicted octanol–water partition coefficient (Wildman–Crippen LogP) is 4.52. The first-order valence-corrected chi connectivity index (χ1v) is 12.1. The summed E-state index contributed by atoms with van der Waals surface area (Å²) >= 11 is 3.38. The van der Waals surface area contributed by atoms with E-state index in [1.54, 1.807) is 35.2 Å². The number of fused-ring (bicyclic) bond motifs is 1. The summed E-state index contributed by atoms with van der Waals surface area (Å²) in [6, 6.07) is 11.7. The van der Waals surface area contributed by atoms with E-state index in [1.807, 2.05) is 12.1 Å². The molecule has 0 aromatic heterocycles. The van der Waals surface area contributed by atoms with E-state index in [4.69, 9.17) is 9.47 Å². The van der Waals surface area contributed by atoms with E-state index in [2.05, 4.69) is 43.6 Å². The van der Waals surface area contributed by atoms with Gasteiger partial charge in [0.2, 0.25) is 18.6 Å². The van der Waals surface area contributed by atoms with Crippen LogP contribution in [-0.4, -0.2) is 35.5 Å². The molecule has 178 valence electrons. The highest BCUT2D eigenvalue weighted by atomic mass is 79.9. The predicted molar refractivity (Wildman–Crippen MR) is 129 cm³/mol. The van der Waals surface area contributed by atoms with Gasteiger partial charge in [0.25, 0.3) is 5.91 Å². The Labute approximate surface area is 207 Å². The van der Waals surface area contributed by atoms with E-state index in [1.165, 1.54) is 4.90 Å². The van der Waals surface area contributed by atoms with E-state index in [0.29, 0.717) is 17.2 Å². The average molecular weight is 527 g/mol. The highest BCUT2D eigenvalue weighted by molar-refractivity contribution is 9.10. The molecule has 0 spiro atoms. The highest BCUT2D eigenvalue weighted by Crippen LogP contribution is 2.69. The quantitative estimate of drug-likeness (QED) is 0.535. The number of benzene rings is 2. The number of amides is 3. The normalized spacial score (nSPS) is 22.3. The maximum atomic E-state index is 13.9. The van der Waals surface area contributed by atoms with Crippen LogP contribution in [0.4, 0.5) is 5.69 Å². The molecule has 7 nitrogen and oxygen atoms in total. The minimum Gasteiger partial charge on any atom is -0.454 e. The molecule has 2 aromatic rings. The van der Waals surface area contributed by atoms with Crippen LogP contribution in [0.15, 0.2) is 46.9 Å². The van der Waals surface area contributed by atoms with Crippen molar-refractivity contribution in [1.29, 1.82) is 0 Å². The number of ether oxygens (including phenoxy) is 2. The molecule has 0 N–H and O–H groups in total. The first-order valence-electron chi connectivity index (χ1n) is 11.3. The molecule has 1 aliphatic carbocycles. The molecule has 1 atom stereocenters. The molecule has 2 fully saturated rings. The molecular formula is C26H27BrN2O5. The topological polar surface area (TPSA) is 76.2 Å². The molecule has 0 radical (unpaired) electrons. The van der Waals surface area contributed by atoms with Crippen LogP contribution in [-0.2, 0) is 20.9 Å². The Balaban J connectivity index is 1.48. The molecule has 1 unspecified atom stereocenters. The number of carbonyl (C=O) groups excluding carboxylic acids is 3. The number of imide groups is 1. The Bertz CT molecular complexity index is 1180. The highest BCUT2D eigenvalue weighted by Gasteiger charge is 2.69. The summed E-state index contributed by atoms with van der Waals surface area (Å²) in [4.78, 5) is 43.2. The van der Waals surface area contributed by atoms with Crippen molar-refractivity contribution in [2.24, 2.45) is 16.7 Å². The number of nitrogens with zero attached hydrogens (tertiary/aromatic N) is 2. The monoisotopic (exact) mass is 526 g/mol. The lowest BCUT2D eigenvalue weighted by Crippen LogP contribution is -2.46. The van der Waals surface area contributed by atoms with Gasteiger partial charge in [-0.2, -0.15) is 0 Å². The SMILES string of the molecule is CC1(C)C(C(=O)N(Cc2ccc3c(c2)OCO3)C2CC(=O)N(c3ccc(Br)cc3)C2=O)C1(C)C. The number of hydrogen-bond donors (Lipinski definition) is 0. The Kier molecular flexibility index (Phi) is 5.28. The zero-order valence-electron chi connectivity index (χ0n) is 19.6. The molecule has 2 heterocycles. The van der Waals surface area contributed by atoms with Crippen molar-refractivity contribution in [3.8, 4) is 11.5 Å². The molecule has 2 aliphatic heterocycles. The zero-order chi connectivity index (χ0) is 24.4. The Morgan fingerprint density at radius 2 is 1.68 bits per heavy atom. The molecule has 8 heteroatoms. The third-order valence-corrected chi connectivity index (χ3v) is 8.45. The fourth-order valence-electron chi connectivity index (χ4n) is 5.28. The molecule has 1 saturated carbocycles. The van der Waals surface area contributed by atoms with Gasteiger partial charge in [0, 0.05) is 16.9 Å². The second-order valence-corrected chi connectivity index (χ2v) is 11.2. The first-order chi connectivity index (χ1) is 16.0. The lowest BCUT2D eigenvalue weighted by molar-refractivity contribution is -0.141. The maximum absolute atomic E-state index is 13.9. The van der Waals surface area contributed by atoms with Gasteiger partial charge in [0.05, 0.1) is 12.1 Å². The fourth-order valence-corrected chi connectivity index (χ4v) is 5.54. The average Bonchev–Trinajstić information content (AvgIpc) is 3.15. The van der Waals surface area contributed by atoms with Crippen molar-refractivity contribution in [2.75, 3.05) is 11.7 Å². The third kappa shape index (κ3) is 3.50. The van der Waals surface area contributed by atoms with E-state index in [9.17, 15) is 14.4 Å². The van der Waals surface area contributed by atoms with Crippen LogP contribution in [0.25, 0.3) is 0 Å². The Morgan fingerprint density at radius 1 is 1.03 bits per heavy atom. The standard InChI is InChI=1S/C26H27BrN2O5/c1-25(2)22(26(25,3)4)24(32)28(13-15-5-10-19-20(11-15)34-14-33-19)18-12-21(30)29(23(18)31)17-8-6-16(27)7-9-17/h5-11,18,22H,12-14H2,1-4H3. The van der Waals surface area contributed by atoms with Gasteiger partial charge in [-0.05, 0) is 52.8 Å². The van der Waals surface area contributed by atoms with E-state index < -0.39 is 6.04 Å². The number of carbonyl (C=O) groups is 3. The van der Waals surface area contributed by atoms with Crippen molar-refractivity contribution in [1.82, 2.24) is 4.90 Å². The summed E-state index contributed by atoms with van der Waals surface area (Å²) in [7, 11) is 0. The van der Waals surface area contributed by atoms with Crippen LogP contribution in [0.2, 0.25) is 0 Å². The van der Waals surface area contributed by atoms with E-state index >= 15 is 0 Å². The van der Waals surface area contributed by atoms with Crippen LogP contribution < -0.4 is 14.4 Å². The number of halogens is 1. The summed E-state index contributed by atoms with van der Waals surface area (Å²) in [6.45, 7) is 8.65. The van der Waals surface area contributed by atoms with Crippen molar-refractivity contribution in [3.63, 3.8) is 0 Å². The molecule has 34 heavy (non-hydrogen) atoms. The van der Waals surface area contributed by atoms with Gasteiger partial charge in [0.1, 0.15) is 6.04 Å². The minimum atomic E-state index is -0.860. The molecule has 3 aliphatic rings. The lowest BCUT2D eigenvalue weighted by Gasteiger charge is -2.29. The Morgan fingerprint density at radius 3 is 2.32 bits per heavy atom. The van der Waals surface area contributed by atoms with E-state index in [0.717, 1.165) is 10.0 Å². The fraction of sp³-hybridized carbons (Fsp3) is 0.423. The van der Waals surface area contributed by atoms with Gasteiger partial charge in [-0.3, -0.25) is 14.4 Å². The van der Waals surface area contributed by atoms with Crippen LogP contribution >= 0.6 is 15.9 Å². The summed E-state index contributed by atoms with van der Waals surface area (Å²) < 4.78 is 11.7. The van der Waals surface area contributed by atoms with Gasteiger partial charge in [-0.15, -0.1) is 0 Å². The van der Waals surface area contributed by atoms with Crippen LogP contribution in [0.3, 0.4) is 0 Å². The first kappa shape index (κ1) is 22.9. The summed E-state index contributed by atoms with van der Waals surface area (Å²) in [5.41, 5.74) is 0.919. The minimum absolute atomic E-state index is 0.0429. The van der Waals surface area contributed by atoms with Crippen molar-refractivity contribution in [3.05, 3.63) is 52.5 Å². The summed E-state index contributed by atoms with van der Waals surface area (Å²) in [6.07, 6.45) is -0.0429. The molecule has 5 rings (SSSR count). The van der Waals surface area contributed by atoms with Gasteiger partial charge < -0.3 is 14.4 Å². The van der Waals surface area contributed by atoms with Gasteiger partial charge in [-0.25, -0.2) is 4.90 Å². The molecular weight excluding hydrogens is 500 g/mol. The largest absolute Gasteiger partial charge is 0.454 e. The van der Waals surface area contributed by atoms with Crippen molar-refractivity contribution in [2.45, 2.75) is 46.7 Å². The van der Waals surface area contributed by atoms with Gasteiger partial charge in [0.15, 0.2) is 11.5 Å². The number of rotatable bonds is 5. The van der Waals surface area contributed by atoms with Gasteiger partial charge >= 0.3 is 0 Å². The van der Waals surface area contributed by atoms with Crippen LogP contribution in [0.5, 0.6) is 11.5 Å². The molecule has 3 amide bonds. The summed E-state index contributed by atoms with van der Waals surface area (Å²) in [5.74, 6) is 0.241. The zero-order valence-corrected chi connectivity index (χ0v) is 21.2. The van der Waals surface area contributed by atoms with Crippen LogP contribution in [0, 0.1) is 16.7 Å². The lowest BCUT2D eigenvalue weighted by atomic mass is 10.0.